The second-order valence-corrected chi connectivity index (χ2v) is 5.40. The van der Waals surface area contributed by atoms with Crippen LogP contribution >= 0.6 is 27.5 Å². The fourth-order valence-electron chi connectivity index (χ4n) is 1.82. The zero-order valence-electron chi connectivity index (χ0n) is 10.1. The number of benzene rings is 2. The van der Waals surface area contributed by atoms with Crippen molar-refractivity contribution in [1.82, 2.24) is 0 Å². The maximum Gasteiger partial charge on any atom is 0.185 e. The number of ketones is 1. The Morgan fingerprint density at radius 3 is 2.65 bits per heavy atom. The first-order valence-corrected chi connectivity index (χ1v) is 6.84. The Kier molecular flexibility index (Phi) is 4.53. The summed E-state index contributed by atoms with van der Waals surface area (Å²) in [6.45, 7) is 0. The van der Waals surface area contributed by atoms with Crippen molar-refractivity contribution < 1.29 is 9.18 Å². The molecular weight excluding hydrogens is 345 g/mol. The molecule has 100 valence electrons. The summed E-state index contributed by atoms with van der Waals surface area (Å²) in [7, 11) is 0. The maximum absolute atomic E-state index is 13.0. The first-order chi connectivity index (χ1) is 9.52. The minimum absolute atomic E-state index is 0.262. The van der Waals surface area contributed by atoms with E-state index in [0.29, 0.717) is 15.1 Å². The Labute approximate surface area is 128 Å². The molecule has 2 aromatic carbocycles. The van der Waals surface area contributed by atoms with Gasteiger partial charge in [0.05, 0.1) is 6.07 Å². The van der Waals surface area contributed by atoms with Gasteiger partial charge in [-0.1, -0.05) is 23.7 Å². The highest BCUT2D eigenvalue weighted by Gasteiger charge is 2.23. The summed E-state index contributed by atoms with van der Waals surface area (Å²) >= 11 is 9.01. The van der Waals surface area contributed by atoms with Gasteiger partial charge < -0.3 is 0 Å². The summed E-state index contributed by atoms with van der Waals surface area (Å²) in [6, 6.07) is 12.3. The summed E-state index contributed by atoms with van der Waals surface area (Å²) in [4.78, 5) is 12.4. The average Bonchev–Trinajstić information content (AvgIpc) is 2.39. The standard InChI is InChI=1S/C15H8BrClFNO/c16-14-7-11(18)4-5-12(14)15(20)13(8-19)9-2-1-3-10(17)6-9/h1-7,13H. The van der Waals surface area contributed by atoms with E-state index in [1.807, 2.05) is 6.07 Å². The van der Waals surface area contributed by atoms with Gasteiger partial charge in [0.25, 0.3) is 0 Å². The van der Waals surface area contributed by atoms with E-state index in [-0.39, 0.29) is 5.56 Å². The predicted molar refractivity (Wildman–Crippen MR) is 78.2 cm³/mol. The zero-order valence-corrected chi connectivity index (χ0v) is 12.5. The van der Waals surface area contributed by atoms with E-state index >= 15 is 0 Å². The third kappa shape index (κ3) is 3.06. The van der Waals surface area contributed by atoms with E-state index in [4.69, 9.17) is 11.6 Å². The number of carbonyl (C=O) groups excluding carboxylic acids is 1. The molecule has 1 unspecified atom stereocenters. The Morgan fingerprint density at radius 1 is 1.30 bits per heavy atom. The Bertz CT molecular complexity index is 711. The number of rotatable bonds is 3. The van der Waals surface area contributed by atoms with E-state index in [0.717, 1.165) is 0 Å². The van der Waals surface area contributed by atoms with Crippen LogP contribution in [0.2, 0.25) is 5.02 Å². The van der Waals surface area contributed by atoms with Crippen molar-refractivity contribution in [2.45, 2.75) is 5.92 Å². The van der Waals surface area contributed by atoms with Crippen LogP contribution < -0.4 is 0 Å². The molecule has 20 heavy (non-hydrogen) atoms. The highest BCUT2D eigenvalue weighted by Crippen LogP contribution is 2.27. The minimum atomic E-state index is -0.976. The summed E-state index contributed by atoms with van der Waals surface area (Å²) in [5.74, 6) is -1.83. The van der Waals surface area contributed by atoms with Crippen LogP contribution in [0.25, 0.3) is 0 Å². The van der Waals surface area contributed by atoms with E-state index in [1.54, 1.807) is 24.3 Å². The van der Waals surface area contributed by atoms with Crippen LogP contribution in [0.3, 0.4) is 0 Å². The highest BCUT2D eigenvalue weighted by molar-refractivity contribution is 9.10. The van der Waals surface area contributed by atoms with Crippen LogP contribution in [0.1, 0.15) is 21.8 Å². The van der Waals surface area contributed by atoms with Gasteiger partial charge in [0.15, 0.2) is 5.78 Å². The van der Waals surface area contributed by atoms with E-state index in [1.165, 1.54) is 18.2 Å². The van der Waals surface area contributed by atoms with E-state index in [9.17, 15) is 14.4 Å². The molecule has 0 saturated heterocycles. The van der Waals surface area contributed by atoms with Crippen molar-refractivity contribution >= 4 is 33.3 Å². The molecular formula is C15H8BrClFNO. The lowest BCUT2D eigenvalue weighted by Crippen LogP contribution is -2.12. The van der Waals surface area contributed by atoms with Gasteiger partial charge in [0.1, 0.15) is 11.7 Å². The number of Topliss-reactive ketones (excluding diaryl/α,β-unsaturated/α-hetero) is 1. The van der Waals surface area contributed by atoms with E-state index in [2.05, 4.69) is 15.9 Å². The molecule has 0 saturated carbocycles. The monoisotopic (exact) mass is 351 g/mol. The molecule has 0 bridgehead atoms. The third-order valence-electron chi connectivity index (χ3n) is 2.77. The molecule has 0 radical (unpaired) electrons. The van der Waals surface area contributed by atoms with E-state index < -0.39 is 17.5 Å². The fraction of sp³-hybridized carbons (Fsp3) is 0.0667. The summed E-state index contributed by atoms with van der Waals surface area (Å²) in [5, 5.41) is 9.70. The normalized spacial score (nSPS) is 11.7. The van der Waals surface area contributed by atoms with Gasteiger partial charge in [0.2, 0.25) is 0 Å². The van der Waals surface area contributed by atoms with Crippen molar-refractivity contribution in [3.8, 4) is 6.07 Å². The van der Waals surface area contributed by atoms with Gasteiger partial charge in [-0.05, 0) is 51.8 Å². The van der Waals surface area contributed by atoms with Gasteiger partial charge in [-0.3, -0.25) is 4.79 Å². The number of nitrogens with zero attached hydrogens (tertiary/aromatic N) is 1. The van der Waals surface area contributed by atoms with Gasteiger partial charge in [-0.15, -0.1) is 0 Å². The number of carbonyl (C=O) groups is 1. The van der Waals surface area contributed by atoms with Gasteiger partial charge >= 0.3 is 0 Å². The lowest BCUT2D eigenvalue weighted by molar-refractivity contribution is 0.0978. The Morgan fingerprint density at radius 2 is 2.05 bits per heavy atom. The van der Waals surface area contributed by atoms with Gasteiger partial charge in [-0.2, -0.15) is 5.26 Å². The fourth-order valence-corrected chi connectivity index (χ4v) is 2.56. The molecule has 0 aromatic heterocycles. The molecule has 0 N–H and O–H groups in total. The number of hydrogen-bond acceptors (Lipinski definition) is 2. The van der Waals surface area contributed by atoms with Crippen LogP contribution in [0, 0.1) is 17.1 Å². The second-order valence-electron chi connectivity index (χ2n) is 4.11. The molecule has 0 aliphatic heterocycles. The van der Waals surface area contributed by atoms with Crippen LogP contribution in [-0.2, 0) is 0 Å². The van der Waals surface area contributed by atoms with Crippen molar-refractivity contribution in [3.05, 3.63) is 68.9 Å². The molecule has 0 aliphatic carbocycles. The SMILES string of the molecule is N#CC(C(=O)c1ccc(F)cc1Br)c1cccc(Cl)c1. The molecule has 1 atom stereocenters. The van der Waals surface area contributed by atoms with Crippen LogP contribution in [0.4, 0.5) is 4.39 Å². The summed E-state index contributed by atoms with van der Waals surface area (Å²) in [5.41, 5.74) is 0.777. The van der Waals surface area contributed by atoms with Gasteiger partial charge in [0, 0.05) is 15.1 Å². The quantitative estimate of drug-likeness (QED) is 0.749. The smallest absolute Gasteiger partial charge is 0.185 e. The summed E-state index contributed by atoms with van der Waals surface area (Å²) in [6.07, 6.45) is 0. The average molecular weight is 353 g/mol. The zero-order chi connectivity index (χ0) is 14.7. The molecule has 0 aliphatic rings. The largest absolute Gasteiger partial charge is 0.292 e. The Balaban J connectivity index is 2.42. The molecule has 2 aromatic rings. The molecule has 0 spiro atoms. The van der Waals surface area contributed by atoms with Crippen molar-refractivity contribution in [2.75, 3.05) is 0 Å². The molecule has 2 nitrogen and oxygen atoms in total. The van der Waals surface area contributed by atoms with Crippen LogP contribution in [0.15, 0.2) is 46.9 Å². The number of halogens is 3. The Hall–Kier alpha value is -1.70. The van der Waals surface area contributed by atoms with Gasteiger partial charge in [-0.25, -0.2) is 4.39 Å². The predicted octanol–water partition coefficient (Wildman–Crippen LogP) is 4.73. The van der Waals surface area contributed by atoms with Crippen molar-refractivity contribution in [2.24, 2.45) is 0 Å². The second kappa shape index (κ2) is 6.17. The first-order valence-electron chi connectivity index (χ1n) is 5.67. The first kappa shape index (κ1) is 14.7. The van der Waals surface area contributed by atoms with Crippen LogP contribution in [-0.4, -0.2) is 5.78 Å². The summed E-state index contributed by atoms with van der Waals surface area (Å²) < 4.78 is 13.4. The third-order valence-corrected chi connectivity index (χ3v) is 3.66. The molecule has 2 rings (SSSR count). The lowest BCUT2D eigenvalue weighted by atomic mass is 9.92. The number of hydrogen-bond donors (Lipinski definition) is 0. The van der Waals surface area contributed by atoms with Crippen molar-refractivity contribution in [1.29, 1.82) is 5.26 Å². The maximum atomic E-state index is 13.0. The topological polar surface area (TPSA) is 40.9 Å². The molecule has 0 fully saturated rings. The number of nitriles is 1. The molecule has 0 amide bonds. The van der Waals surface area contributed by atoms with Crippen LogP contribution in [0.5, 0.6) is 0 Å². The minimum Gasteiger partial charge on any atom is -0.292 e. The molecule has 5 heteroatoms. The highest BCUT2D eigenvalue weighted by atomic mass is 79.9. The van der Waals surface area contributed by atoms with Crippen molar-refractivity contribution in [3.63, 3.8) is 0 Å². The lowest BCUT2D eigenvalue weighted by Gasteiger charge is -2.10. The molecule has 0 heterocycles.